The number of aromatic nitrogens is 3. The SMILES string of the molecule is Cc1ccc(Sc2ncccc2C(=O)Nc2ccc(Oc3ncccn3)cc2C)cc1C. The van der Waals surface area contributed by atoms with Gasteiger partial charge in [-0.1, -0.05) is 17.8 Å². The largest absolute Gasteiger partial charge is 0.424 e. The lowest BCUT2D eigenvalue weighted by Gasteiger charge is -2.12. The number of carbonyl (C=O) groups is 1. The average molecular weight is 443 g/mol. The number of ether oxygens (including phenoxy) is 1. The van der Waals surface area contributed by atoms with Gasteiger partial charge in [-0.15, -0.1) is 0 Å². The van der Waals surface area contributed by atoms with Gasteiger partial charge in [-0.2, -0.15) is 0 Å². The number of pyridine rings is 1. The highest BCUT2D eigenvalue weighted by Crippen LogP contribution is 2.31. The zero-order valence-corrected chi connectivity index (χ0v) is 18.8. The lowest BCUT2D eigenvalue weighted by Crippen LogP contribution is -2.14. The molecule has 0 bridgehead atoms. The Morgan fingerprint density at radius 3 is 2.38 bits per heavy atom. The van der Waals surface area contributed by atoms with E-state index < -0.39 is 0 Å². The smallest absolute Gasteiger partial charge is 0.321 e. The molecule has 0 fully saturated rings. The van der Waals surface area contributed by atoms with E-state index >= 15 is 0 Å². The van der Waals surface area contributed by atoms with Gasteiger partial charge < -0.3 is 10.1 Å². The van der Waals surface area contributed by atoms with Gasteiger partial charge in [-0.3, -0.25) is 4.79 Å². The Bertz CT molecular complexity index is 1260. The number of hydrogen-bond acceptors (Lipinski definition) is 6. The summed E-state index contributed by atoms with van der Waals surface area (Å²) in [5, 5.41) is 3.64. The van der Waals surface area contributed by atoms with E-state index in [0.29, 0.717) is 22.0 Å². The summed E-state index contributed by atoms with van der Waals surface area (Å²) in [5.41, 5.74) is 4.51. The molecule has 1 amide bonds. The van der Waals surface area contributed by atoms with E-state index in [1.54, 1.807) is 48.9 Å². The van der Waals surface area contributed by atoms with E-state index in [1.165, 1.54) is 22.9 Å². The molecular formula is C25H22N4O2S. The maximum Gasteiger partial charge on any atom is 0.321 e. The minimum Gasteiger partial charge on any atom is -0.424 e. The zero-order valence-electron chi connectivity index (χ0n) is 18.0. The predicted molar refractivity (Wildman–Crippen MR) is 126 cm³/mol. The maximum atomic E-state index is 13.1. The second kappa shape index (κ2) is 9.62. The van der Waals surface area contributed by atoms with Gasteiger partial charge in [0.15, 0.2) is 0 Å². The Morgan fingerprint density at radius 1 is 0.844 bits per heavy atom. The Morgan fingerprint density at radius 2 is 1.62 bits per heavy atom. The number of aryl methyl sites for hydroxylation is 3. The van der Waals surface area contributed by atoms with Gasteiger partial charge in [0.2, 0.25) is 0 Å². The summed E-state index contributed by atoms with van der Waals surface area (Å²) < 4.78 is 5.66. The first-order valence-electron chi connectivity index (χ1n) is 10.1. The third-order valence-corrected chi connectivity index (χ3v) is 5.91. The molecule has 32 heavy (non-hydrogen) atoms. The van der Waals surface area contributed by atoms with Crippen LogP contribution in [0.15, 0.2) is 83.1 Å². The Balaban J connectivity index is 1.51. The highest BCUT2D eigenvalue weighted by Gasteiger charge is 2.15. The van der Waals surface area contributed by atoms with Crippen molar-refractivity contribution in [2.24, 2.45) is 0 Å². The third kappa shape index (κ3) is 5.12. The summed E-state index contributed by atoms with van der Waals surface area (Å²) in [6, 6.07) is 17.2. The van der Waals surface area contributed by atoms with E-state index in [4.69, 9.17) is 4.74 Å². The molecule has 2 aromatic carbocycles. The molecule has 0 atom stereocenters. The molecule has 0 aliphatic rings. The highest BCUT2D eigenvalue weighted by atomic mass is 32.2. The number of nitrogens with zero attached hydrogens (tertiary/aromatic N) is 3. The number of nitrogens with one attached hydrogen (secondary N) is 1. The van der Waals surface area contributed by atoms with Gasteiger partial charge in [0, 0.05) is 29.2 Å². The van der Waals surface area contributed by atoms with Crippen molar-refractivity contribution in [2.75, 3.05) is 5.32 Å². The van der Waals surface area contributed by atoms with Gasteiger partial charge >= 0.3 is 6.01 Å². The van der Waals surface area contributed by atoms with Crippen LogP contribution in [0.5, 0.6) is 11.8 Å². The lowest BCUT2D eigenvalue weighted by atomic mass is 10.1. The highest BCUT2D eigenvalue weighted by molar-refractivity contribution is 7.99. The van der Waals surface area contributed by atoms with Crippen molar-refractivity contribution in [3.63, 3.8) is 0 Å². The minimum absolute atomic E-state index is 0.215. The van der Waals surface area contributed by atoms with Crippen molar-refractivity contribution >= 4 is 23.4 Å². The topological polar surface area (TPSA) is 77.0 Å². The van der Waals surface area contributed by atoms with Crippen LogP contribution in [0.4, 0.5) is 5.69 Å². The van der Waals surface area contributed by atoms with Gasteiger partial charge in [0.05, 0.1) is 5.56 Å². The molecule has 1 N–H and O–H groups in total. The van der Waals surface area contributed by atoms with E-state index in [-0.39, 0.29) is 11.9 Å². The molecule has 160 valence electrons. The molecule has 7 heteroatoms. The summed E-state index contributed by atoms with van der Waals surface area (Å²) >= 11 is 1.48. The molecule has 0 saturated carbocycles. The van der Waals surface area contributed by atoms with Crippen LogP contribution >= 0.6 is 11.8 Å². The first-order chi connectivity index (χ1) is 15.5. The van der Waals surface area contributed by atoms with Gasteiger partial charge in [-0.25, -0.2) is 15.0 Å². The van der Waals surface area contributed by atoms with E-state index in [0.717, 1.165) is 10.5 Å². The summed E-state index contributed by atoms with van der Waals surface area (Å²) in [6.45, 7) is 6.06. The van der Waals surface area contributed by atoms with E-state index in [2.05, 4.69) is 46.2 Å². The summed E-state index contributed by atoms with van der Waals surface area (Å²) in [5.74, 6) is 0.381. The van der Waals surface area contributed by atoms with Crippen LogP contribution in [0.3, 0.4) is 0 Å². The van der Waals surface area contributed by atoms with E-state index in [1.807, 2.05) is 19.1 Å². The fourth-order valence-corrected chi connectivity index (χ4v) is 3.99. The number of anilines is 1. The van der Waals surface area contributed by atoms with Gasteiger partial charge in [0.1, 0.15) is 10.8 Å². The van der Waals surface area contributed by atoms with Crippen LogP contribution in [0, 0.1) is 20.8 Å². The third-order valence-electron chi connectivity index (χ3n) is 4.91. The van der Waals surface area contributed by atoms with Crippen molar-refractivity contribution in [3.05, 3.63) is 95.4 Å². The van der Waals surface area contributed by atoms with Crippen molar-refractivity contribution in [1.29, 1.82) is 0 Å². The van der Waals surface area contributed by atoms with E-state index in [9.17, 15) is 4.79 Å². The second-order valence-corrected chi connectivity index (χ2v) is 8.33. The van der Waals surface area contributed by atoms with Crippen LogP contribution < -0.4 is 10.1 Å². The number of benzene rings is 2. The molecule has 0 unspecified atom stereocenters. The second-order valence-electron chi connectivity index (χ2n) is 7.27. The Labute approximate surface area is 191 Å². The molecule has 0 aliphatic heterocycles. The monoisotopic (exact) mass is 442 g/mol. The number of hydrogen-bond donors (Lipinski definition) is 1. The van der Waals surface area contributed by atoms with Crippen LogP contribution in [0.2, 0.25) is 0 Å². The molecule has 2 heterocycles. The van der Waals surface area contributed by atoms with Crippen molar-refractivity contribution in [3.8, 4) is 11.8 Å². The van der Waals surface area contributed by atoms with Crippen LogP contribution in [0.25, 0.3) is 0 Å². The molecule has 0 aliphatic carbocycles. The Kier molecular flexibility index (Phi) is 6.47. The van der Waals surface area contributed by atoms with Crippen LogP contribution in [-0.2, 0) is 0 Å². The molecule has 0 radical (unpaired) electrons. The van der Waals surface area contributed by atoms with Crippen molar-refractivity contribution < 1.29 is 9.53 Å². The number of rotatable bonds is 6. The molecule has 0 saturated heterocycles. The molecule has 4 rings (SSSR count). The average Bonchev–Trinajstić information content (AvgIpc) is 2.79. The maximum absolute atomic E-state index is 13.1. The standard InChI is InChI=1S/C25H22N4O2S/c1-16-7-9-20(15-17(16)2)32-24-21(6-4-11-26-24)23(30)29-22-10-8-19(14-18(22)3)31-25-27-12-5-13-28-25/h4-15H,1-3H3,(H,29,30). The fourth-order valence-electron chi connectivity index (χ4n) is 3.01. The van der Waals surface area contributed by atoms with Gasteiger partial charge in [0.25, 0.3) is 5.91 Å². The van der Waals surface area contributed by atoms with Crippen molar-refractivity contribution in [2.45, 2.75) is 30.7 Å². The molecule has 2 aromatic heterocycles. The Hall–Kier alpha value is -3.71. The predicted octanol–water partition coefficient (Wildman–Crippen LogP) is 5.99. The lowest BCUT2D eigenvalue weighted by molar-refractivity contribution is 0.102. The molecule has 0 spiro atoms. The quantitative estimate of drug-likeness (QED) is 0.395. The van der Waals surface area contributed by atoms with Crippen LogP contribution in [-0.4, -0.2) is 20.9 Å². The summed E-state index contributed by atoms with van der Waals surface area (Å²) in [7, 11) is 0. The fraction of sp³-hybridized carbons (Fsp3) is 0.120. The number of amides is 1. The first-order valence-corrected chi connectivity index (χ1v) is 10.9. The zero-order chi connectivity index (χ0) is 22.5. The van der Waals surface area contributed by atoms with Crippen molar-refractivity contribution in [1.82, 2.24) is 15.0 Å². The molecule has 6 nitrogen and oxygen atoms in total. The number of carbonyl (C=O) groups excluding carboxylic acids is 1. The summed E-state index contributed by atoms with van der Waals surface area (Å²) in [4.78, 5) is 26.7. The van der Waals surface area contributed by atoms with Crippen LogP contribution in [0.1, 0.15) is 27.0 Å². The first kappa shape index (κ1) is 21.5. The molecular weight excluding hydrogens is 420 g/mol. The minimum atomic E-state index is -0.215. The normalized spacial score (nSPS) is 10.6. The van der Waals surface area contributed by atoms with Gasteiger partial charge in [-0.05, 0) is 86.0 Å². The molecule has 4 aromatic rings. The summed E-state index contributed by atoms with van der Waals surface area (Å²) in [6.07, 6.45) is 4.93.